The summed E-state index contributed by atoms with van der Waals surface area (Å²) in [5.41, 5.74) is 36.0. The minimum absolute atomic E-state index is 0.369. The Morgan fingerprint density at radius 3 is 0.743 bits per heavy atom. The number of nitrogens with zero attached hydrogens (tertiary/aromatic N) is 5. The van der Waals surface area contributed by atoms with Crippen molar-refractivity contribution in [2.24, 2.45) is 35.2 Å². The van der Waals surface area contributed by atoms with Crippen molar-refractivity contribution in [1.29, 1.82) is 0 Å². The van der Waals surface area contributed by atoms with Crippen molar-refractivity contribution in [3.05, 3.63) is 390 Å². The van der Waals surface area contributed by atoms with E-state index in [2.05, 4.69) is 388 Å². The van der Waals surface area contributed by atoms with Gasteiger partial charge in [-0.05, 0) is 183 Å². The summed E-state index contributed by atoms with van der Waals surface area (Å²) in [4.78, 5) is 0. The highest BCUT2D eigenvalue weighted by Gasteiger charge is 2.21. The van der Waals surface area contributed by atoms with Gasteiger partial charge in [-0.15, -0.1) is 0 Å². The van der Waals surface area contributed by atoms with Gasteiger partial charge in [-0.25, -0.2) is 22.8 Å². The summed E-state index contributed by atoms with van der Waals surface area (Å²) in [5, 5.41) is 0. The second-order valence-electron chi connectivity index (χ2n) is 27.6. The van der Waals surface area contributed by atoms with Crippen LogP contribution in [0, 0.1) is 69.2 Å². The zero-order chi connectivity index (χ0) is 76.6. The summed E-state index contributed by atoms with van der Waals surface area (Å²) in [7, 11) is 10.3. The van der Waals surface area contributed by atoms with Crippen LogP contribution in [0.3, 0.4) is 0 Å². The van der Waals surface area contributed by atoms with Crippen molar-refractivity contribution in [1.82, 2.24) is 0 Å². The predicted octanol–water partition coefficient (Wildman–Crippen LogP) is 22.3. The molecule has 0 aliphatic carbocycles. The molecule has 5 aromatic heterocycles. The molecule has 5 nitrogen and oxygen atoms in total. The molecule has 0 bridgehead atoms. The molecule has 0 saturated heterocycles. The van der Waals surface area contributed by atoms with Crippen molar-refractivity contribution in [2.45, 2.75) is 69.2 Å². The van der Waals surface area contributed by atoms with E-state index in [-0.39, 0.29) is 0 Å². The lowest BCUT2D eigenvalue weighted by molar-refractivity contribution is -0.660. The summed E-state index contributed by atoms with van der Waals surface area (Å²) >= 11 is 0. The molecule has 0 atom stereocenters. The van der Waals surface area contributed by atoms with E-state index in [0.717, 1.165) is 27.9 Å². The van der Waals surface area contributed by atoms with E-state index in [1.807, 2.05) is 60.1 Å². The molecule has 5 heteroatoms. The summed E-state index contributed by atoms with van der Waals surface area (Å²) in [6.07, 6.45) is 10.4. The third-order valence-corrected chi connectivity index (χ3v) is 19.6. The number of aromatic nitrogens is 5. The van der Waals surface area contributed by atoms with Crippen LogP contribution in [0.1, 0.15) is 59.7 Å². The third kappa shape index (κ3) is 18.4. The third-order valence-electron chi connectivity index (χ3n) is 19.6. The van der Waals surface area contributed by atoms with Gasteiger partial charge in [0.15, 0.2) is 31.0 Å². The van der Waals surface area contributed by atoms with E-state index < -0.39 is 6.85 Å². The van der Waals surface area contributed by atoms with E-state index in [1.54, 1.807) is 6.20 Å². The fourth-order valence-corrected chi connectivity index (χ4v) is 13.8. The molecule has 520 valence electrons. The molecule has 0 spiro atoms. The molecule has 0 saturated carbocycles. The Bertz CT molecular complexity index is 5580. The zero-order valence-electron chi connectivity index (χ0n) is 66.5. The number of hydrogen-bond donors (Lipinski definition) is 0. The smallest absolute Gasteiger partial charge is 0.201 e. The van der Waals surface area contributed by atoms with Gasteiger partial charge in [-0.1, -0.05) is 242 Å². The SMILES string of the molecule is Cc1c[n+](C)c(-c2ccccc2C)cc1-c1ccccc1.Cc1ccc(-c2cc(-c3ccccc3)c(C)c[n+]2C)c(C)c1.Cc1ccc(-c2cc(-c3ccccc3)cc[n+]2C)c(C)c1.Cc1ccccc1-c1cc(-c2ccccc2)cc[n+]1C.[2H]C([2H])([2H])c1c[n+](C)c(-c2ccccc2C)cc1-c1ccccc1. The first kappa shape index (κ1) is 70.0. The van der Waals surface area contributed by atoms with Crippen molar-refractivity contribution < 1.29 is 26.9 Å². The van der Waals surface area contributed by atoms with Crippen molar-refractivity contribution in [3.8, 4) is 112 Å². The molecule has 5 heterocycles. The summed E-state index contributed by atoms with van der Waals surface area (Å²) < 4.78 is 34.4. The molecule has 0 radical (unpaired) electrons. The van der Waals surface area contributed by atoms with Gasteiger partial charge in [0, 0.05) is 91.1 Å². The van der Waals surface area contributed by atoms with Crippen LogP contribution in [0.4, 0.5) is 0 Å². The number of rotatable bonds is 10. The second kappa shape index (κ2) is 34.7. The van der Waals surface area contributed by atoms with Crippen LogP contribution >= 0.6 is 0 Å². The van der Waals surface area contributed by atoms with Gasteiger partial charge in [0.1, 0.15) is 35.2 Å². The lowest BCUT2D eigenvalue weighted by Crippen LogP contribution is -2.31. The minimum atomic E-state index is -2.16. The minimum Gasteiger partial charge on any atom is -0.201 e. The van der Waals surface area contributed by atoms with Gasteiger partial charge in [-0.3, -0.25) is 0 Å². The van der Waals surface area contributed by atoms with Crippen LogP contribution < -0.4 is 22.8 Å². The maximum atomic E-state index is 7.90. The zero-order valence-corrected chi connectivity index (χ0v) is 63.5. The monoisotopic (exact) mass is 1370 g/mol. The second-order valence-corrected chi connectivity index (χ2v) is 27.6. The van der Waals surface area contributed by atoms with Crippen molar-refractivity contribution >= 4 is 0 Å². The van der Waals surface area contributed by atoms with Crippen LogP contribution in [-0.2, 0) is 35.2 Å². The van der Waals surface area contributed by atoms with Gasteiger partial charge >= 0.3 is 0 Å². The quantitative estimate of drug-likeness (QED) is 0.122. The van der Waals surface area contributed by atoms with Gasteiger partial charge in [-0.2, -0.15) is 0 Å². The number of benzene rings is 10. The van der Waals surface area contributed by atoms with Crippen LogP contribution in [0.5, 0.6) is 0 Å². The molecule has 0 unspecified atom stereocenters. The highest BCUT2D eigenvalue weighted by atomic mass is 14.9. The fraction of sp³-hybridized carbons (Fsp3) is 0.150. The highest BCUT2D eigenvalue weighted by Crippen LogP contribution is 2.33. The molecule has 0 N–H and O–H groups in total. The Labute approximate surface area is 629 Å². The lowest BCUT2D eigenvalue weighted by atomic mass is 9.97. The van der Waals surface area contributed by atoms with Crippen molar-refractivity contribution in [2.75, 3.05) is 0 Å². The molecule has 0 aliphatic rings. The Kier molecular flexibility index (Phi) is 23.2. The molecule has 0 aliphatic heterocycles. The number of aryl methyl sites for hydroxylation is 15. The number of hydrogen-bond acceptors (Lipinski definition) is 0. The molecule has 105 heavy (non-hydrogen) atoms. The van der Waals surface area contributed by atoms with Crippen LogP contribution in [0.2, 0.25) is 0 Å². The predicted molar refractivity (Wildman–Crippen MR) is 440 cm³/mol. The average molecular weight is 1370 g/mol. The molecule has 0 fully saturated rings. The molecular weight excluding hydrogens is 1270 g/mol. The van der Waals surface area contributed by atoms with E-state index in [9.17, 15) is 0 Å². The molecule has 0 amide bonds. The van der Waals surface area contributed by atoms with E-state index in [1.165, 1.54) is 134 Å². The summed E-state index contributed by atoms with van der Waals surface area (Å²) in [5.74, 6) is 0. The molecule has 15 aromatic rings. The van der Waals surface area contributed by atoms with Gasteiger partial charge < -0.3 is 0 Å². The van der Waals surface area contributed by atoms with E-state index in [4.69, 9.17) is 4.11 Å². The first-order chi connectivity index (χ1) is 52.0. The van der Waals surface area contributed by atoms with Gasteiger partial charge in [0.2, 0.25) is 28.5 Å². The largest absolute Gasteiger partial charge is 0.213 e. The van der Waals surface area contributed by atoms with Gasteiger partial charge in [0.05, 0.1) is 0 Å². The topological polar surface area (TPSA) is 19.4 Å². The van der Waals surface area contributed by atoms with Crippen LogP contribution in [0.15, 0.2) is 334 Å². The highest BCUT2D eigenvalue weighted by molar-refractivity contribution is 5.77. The molecular formula is C100H100N5+5. The molecule has 15 rings (SSSR count). The Morgan fingerprint density at radius 2 is 0.448 bits per heavy atom. The van der Waals surface area contributed by atoms with Gasteiger partial charge in [0.25, 0.3) is 0 Å². The molecule has 10 aromatic carbocycles. The fourth-order valence-electron chi connectivity index (χ4n) is 13.8. The Morgan fingerprint density at radius 1 is 0.190 bits per heavy atom. The van der Waals surface area contributed by atoms with Crippen LogP contribution in [0.25, 0.3) is 112 Å². The maximum absolute atomic E-state index is 7.90. The summed E-state index contributed by atoms with van der Waals surface area (Å²) in [6, 6.07) is 106. The lowest BCUT2D eigenvalue weighted by Gasteiger charge is -2.10. The standard InChI is InChI=1S/C21H22N.3C20H20N.C19H18N/c1-15-10-11-19(16(2)12-15)21-13-20(17(3)14-22(21)4)18-8-6-5-7-9-18;2*1-15-9-7-8-12-18(15)20-13-19(16(2)14-21(20)3)17-10-5-4-6-11-17;1-15-9-10-19(16(2)13-15)20-14-18(11-12-21(20)3)17-7-5-4-6-8-17;1-15-8-6-7-11-18(15)19-14-17(12-13-20(19)2)16-9-4-3-5-10-16/h5-14H,1-4H3;3*4-14H,1-3H3;3-14H,1-2H3/q5*+1/i;2D3;;;. The van der Waals surface area contributed by atoms with E-state index in [0.29, 0.717) is 5.56 Å². The van der Waals surface area contributed by atoms with Crippen LogP contribution in [-0.4, -0.2) is 0 Å². The average Bonchev–Trinajstić information content (AvgIpc) is 0.842. The number of pyridine rings is 5. The Hall–Kier alpha value is -12.1. The van der Waals surface area contributed by atoms with Crippen molar-refractivity contribution in [3.63, 3.8) is 0 Å². The first-order valence-corrected chi connectivity index (χ1v) is 36.2. The maximum Gasteiger partial charge on any atom is 0.213 e. The summed E-state index contributed by atoms with van der Waals surface area (Å²) in [6.45, 7) is 17.2. The Balaban J connectivity index is 0.000000134. The normalized spacial score (nSPS) is 11.2. The first-order valence-electron chi connectivity index (χ1n) is 37.7. The van der Waals surface area contributed by atoms with E-state index >= 15 is 0 Å².